The van der Waals surface area contributed by atoms with Crippen LogP contribution in [0.3, 0.4) is 0 Å². The third-order valence-corrected chi connectivity index (χ3v) is 3.77. The Kier molecular flexibility index (Phi) is 6.43. The topological polar surface area (TPSA) is 124 Å². The van der Waals surface area contributed by atoms with Crippen LogP contribution >= 0.6 is 0 Å². The standard InChI is InChI=1S/C20H18N2O7/c23-16(13-29-18-4-1-3-15(11-18)22(25)26)12-28-17-8-6-14(7-9-17)21-20(24)19-5-2-10-27-19/h1-11,16,23H,12-13H2,(H,21,24)/t16-/m1/s1. The van der Waals surface area contributed by atoms with E-state index < -0.39 is 11.0 Å². The maximum atomic E-state index is 11.9. The number of nitrogens with zero attached hydrogens (tertiary/aromatic N) is 1. The molecule has 0 unspecified atom stereocenters. The number of furan rings is 1. The minimum Gasteiger partial charge on any atom is -0.491 e. The van der Waals surface area contributed by atoms with Gasteiger partial charge in [-0.25, -0.2) is 0 Å². The van der Waals surface area contributed by atoms with Gasteiger partial charge in [-0.3, -0.25) is 14.9 Å². The Morgan fingerprint density at radius 2 is 1.79 bits per heavy atom. The number of anilines is 1. The normalized spacial score (nSPS) is 11.5. The van der Waals surface area contributed by atoms with Crippen molar-refractivity contribution >= 4 is 17.3 Å². The number of benzene rings is 2. The van der Waals surface area contributed by atoms with Gasteiger partial charge in [-0.2, -0.15) is 0 Å². The van der Waals surface area contributed by atoms with Crippen LogP contribution in [-0.2, 0) is 0 Å². The summed E-state index contributed by atoms with van der Waals surface area (Å²) in [4.78, 5) is 22.1. The van der Waals surface area contributed by atoms with E-state index in [1.54, 1.807) is 42.5 Å². The monoisotopic (exact) mass is 398 g/mol. The Hall–Kier alpha value is -3.85. The molecule has 2 aromatic carbocycles. The van der Waals surface area contributed by atoms with Crippen LogP contribution in [0.4, 0.5) is 11.4 Å². The third kappa shape index (κ3) is 5.81. The number of aliphatic hydroxyl groups is 1. The molecular weight excluding hydrogens is 380 g/mol. The highest BCUT2D eigenvalue weighted by Gasteiger charge is 2.11. The summed E-state index contributed by atoms with van der Waals surface area (Å²) in [6.45, 7) is -0.120. The average Bonchev–Trinajstić information content (AvgIpc) is 3.27. The molecule has 0 radical (unpaired) electrons. The second kappa shape index (κ2) is 9.38. The Morgan fingerprint density at radius 3 is 2.45 bits per heavy atom. The van der Waals surface area contributed by atoms with Crippen molar-refractivity contribution in [3.63, 3.8) is 0 Å². The molecule has 1 atom stereocenters. The van der Waals surface area contributed by atoms with Gasteiger partial charge in [-0.05, 0) is 42.5 Å². The van der Waals surface area contributed by atoms with Crippen molar-refractivity contribution in [2.24, 2.45) is 0 Å². The number of aliphatic hydroxyl groups excluding tert-OH is 1. The van der Waals surface area contributed by atoms with E-state index in [1.807, 2.05) is 0 Å². The first-order chi connectivity index (χ1) is 14.0. The van der Waals surface area contributed by atoms with E-state index in [4.69, 9.17) is 13.9 Å². The molecule has 1 aromatic heterocycles. The van der Waals surface area contributed by atoms with Gasteiger partial charge in [0.1, 0.15) is 30.8 Å². The molecule has 0 aliphatic heterocycles. The van der Waals surface area contributed by atoms with Crippen molar-refractivity contribution in [1.29, 1.82) is 0 Å². The molecule has 2 N–H and O–H groups in total. The fourth-order valence-corrected chi connectivity index (χ4v) is 2.35. The SMILES string of the molecule is O=C(Nc1ccc(OC[C@@H](O)COc2cccc([N+](=O)[O-])c2)cc1)c1ccco1. The van der Waals surface area contributed by atoms with Crippen molar-refractivity contribution in [3.8, 4) is 11.5 Å². The van der Waals surface area contributed by atoms with E-state index in [-0.39, 0.29) is 36.3 Å². The molecular formula is C20H18N2O7. The van der Waals surface area contributed by atoms with Crippen LogP contribution in [0.15, 0.2) is 71.3 Å². The third-order valence-electron chi connectivity index (χ3n) is 3.77. The molecule has 0 saturated carbocycles. The summed E-state index contributed by atoms with van der Waals surface area (Å²) < 4.78 is 15.9. The van der Waals surface area contributed by atoms with Crippen molar-refractivity contribution in [3.05, 3.63) is 82.8 Å². The van der Waals surface area contributed by atoms with E-state index in [9.17, 15) is 20.0 Å². The molecule has 1 amide bonds. The van der Waals surface area contributed by atoms with E-state index in [1.165, 1.54) is 24.5 Å². The number of nitro benzene ring substituents is 1. The zero-order valence-electron chi connectivity index (χ0n) is 15.2. The number of nitrogens with one attached hydrogen (secondary N) is 1. The maximum Gasteiger partial charge on any atom is 0.291 e. The van der Waals surface area contributed by atoms with E-state index in [2.05, 4.69) is 5.32 Å². The van der Waals surface area contributed by atoms with Crippen LogP contribution in [0.2, 0.25) is 0 Å². The number of amides is 1. The fraction of sp³-hybridized carbons (Fsp3) is 0.150. The lowest BCUT2D eigenvalue weighted by molar-refractivity contribution is -0.384. The van der Waals surface area contributed by atoms with Gasteiger partial charge in [0.2, 0.25) is 0 Å². The van der Waals surface area contributed by atoms with Gasteiger partial charge < -0.3 is 24.3 Å². The Morgan fingerprint density at radius 1 is 1.07 bits per heavy atom. The largest absolute Gasteiger partial charge is 0.491 e. The van der Waals surface area contributed by atoms with Gasteiger partial charge in [0.15, 0.2) is 5.76 Å². The molecule has 1 heterocycles. The zero-order valence-corrected chi connectivity index (χ0v) is 15.2. The van der Waals surface area contributed by atoms with Crippen LogP contribution in [0, 0.1) is 10.1 Å². The molecule has 0 spiro atoms. The lowest BCUT2D eigenvalue weighted by Gasteiger charge is -2.14. The molecule has 3 aromatic rings. The Labute approximate surface area is 165 Å². The summed E-state index contributed by atoms with van der Waals surface area (Å²) in [5.74, 6) is 0.625. The summed E-state index contributed by atoms with van der Waals surface area (Å²) in [7, 11) is 0. The van der Waals surface area contributed by atoms with Crippen molar-refractivity contribution < 1.29 is 28.7 Å². The highest BCUT2D eigenvalue weighted by atomic mass is 16.6. The Bertz CT molecular complexity index is 955. The van der Waals surface area contributed by atoms with Crippen LogP contribution < -0.4 is 14.8 Å². The highest BCUT2D eigenvalue weighted by molar-refractivity contribution is 6.02. The molecule has 9 heteroatoms. The van der Waals surface area contributed by atoms with Gasteiger partial charge in [0.25, 0.3) is 11.6 Å². The van der Waals surface area contributed by atoms with E-state index >= 15 is 0 Å². The quantitative estimate of drug-likeness (QED) is 0.419. The fourth-order valence-electron chi connectivity index (χ4n) is 2.35. The number of non-ortho nitro benzene ring substituents is 1. The smallest absolute Gasteiger partial charge is 0.291 e. The molecule has 3 rings (SSSR count). The van der Waals surface area contributed by atoms with E-state index in [0.29, 0.717) is 11.4 Å². The summed E-state index contributed by atoms with van der Waals surface area (Å²) in [6, 6.07) is 15.5. The number of ether oxygens (including phenoxy) is 2. The predicted molar refractivity (Wildman–Crippen MR) is 103 cm³/mol. The lowest BCUT2D eigenvalue weighted by Crippen LogP contribution is -2.25. The second-order valence-electron chi connectivity index (χ2n) is 5.99. The first kappa shape index (κ1) is 19.9. The van der Waals surface area contributed by atoms with Crippen LogP contribution in [0.1, 0.15) is 10.6 Å². The summed E-state index contributed by atoms with van der Waals surface area (Å²) >= 11 is 0. The number of nitro groups is 1. The number of carbonyl (C=O) groups is 1. The molecule has 29 heavy (non-hydrogen) atoms. The highest BCUT2D eigenvalue weighted by Crippen LogP contribution is 2.20. The minimum absolute atomic E-state index is 0.0347. The molecule has 150 valence electrons. The molecule has 0 aliphatic carbocycles. The summed E-state index contributed by atoms with van der Waals surface area (Å²) in [5.41, 5.74) is 0.473. The molecule has 0 fully saturated rings. The van der Waals surface area contributed by atoms with Gasteiger partial charge in [-0.1, -0.05) is 6.07 Å². The second-order valence-corrected chi connectivity index (χ2v) is 5.99. The van der Waals surface area contributed by atoms with E-state index in [0.717, 1.165) is 0 Å². The molecule has 9 nitrogen and oxygen atoms in total. The van der Waals surface area contributed by atoms with Crippen molar-refractivity contribution in [1.82, 2.24) is 0 Å². The van der Waals surface area contributed by atoms with Crippen molar-refractivity contribution in [2.75, 3.05) is 18.5 Å². The number of rotatable bonds is 9. The summed E-state index contributed by atoms with van der Waals surface area (Å²) in [5, 5.41) is 23.4. The number of hydrogen-bond acceptors (Lipinski definition) is 7. The van der Waals surface area contributed by atoms with Gasteiger partial charge >= 0.3 is 0 Å². The van der Waals surface area contributed by atoms with Crippen LogP contribution in [-0.4, -0.2) is 35.3 Å². The van der Waals surface area contributed by atoms with Gasteiger partial charge in [0.05, 0.1) is 17.3 Å². The number of carbonyl (C=O) groups excluding carboxylic acids is 1. The average molecular weight is 398 g/mol. The first-order valence-electron chi connectivity index (χ1n) is 8.64. The van der Waals surface area contributed by atoms with Crippen LogP contribution in [0.25, 0.3) is 0 Å². The molecule has 0 aliphatic rings. The van der Waals surface area contributed by atoms with Gasteiger partial charge in [0, 0.05) is 11.8 Å². The number of hydrogen-bond donors (Lipinski definition) is 2. The van der Waals surface area contributed by atoms with Gasteiger partial charge in [-0.15, -0.1) is 0 Å². The summed E-state index contributed by atoms with van der Waals surface area (Å²) in [6.07, 6.45) is 0.479. The molecule has 0 bridgehead atoms. The van der Waals surface area contributed by atoms with Crippen molar-refractivity contribution in [2.45, 2.75) is 6.10 Å². The Balaban J connectivity index is 1.44. The predicted octanol–water partition coefficient (Wildman–Crippen LogP) is 3.26. The molecule has 0 saturated heterocycles. The zero-order chi connectivity index (χ0) is 20.6. The maximum absolute atomic E-state index is 11.9. The lowest BCUT2D eigenvalue weighted by atomic mass is 10.3. The minimum atomic E-state index is -0.937. The van der Waals surface area contributed by atoms with Crippen LogP contribution in [0.5, 0.6) is 11.5 Å². The first-order valence-corrected chi connectivity index (χ1v) is 8.64.